The summed E-state index contributed by atoms with van der Waals surface area (Å²) in [6, 6.07) is -0.175. The van der Waals surface area contributed by atoms with Gasteiger partial charge >= 0.3 is 11.9 Å². The third-order valence-corrected chi connectivity index (χ3v) is 14.2. The van der Waals surface area contributed by atoms with Crippen molar-refractivity contribution in [1.29, 1.82) is 0 Å². The minimum Gasteiger partial charge on any atom is -0.508 e. The zero-order valence-corrected chi connectivity index (χ0v) is 40.4. The standard InChI is InChI=1S/C53H70N2O12/c1-30(2)14-9-16-32(5)18-12-22-52(7)44(58)26-36-42(56)24-34-38(46(36)66-52)28-54(48(34)60)40(50(62)63)20-11-21-41(51(64)65)55-29-39-35(49(55)61)25-43(57)37-27-45(59)53(8,67-47(37)39)23-13-19-33(6)17-10-15-31(3)4/h14-15,18-19,24-25,40-41,44-45,56-59H,9-13,16-17,20-23,26-29H2,1-8H3,(H,62,63)(H,64,65)/b32-18+,33-19+/t40?,41?,44-,45-,52-,53-/m0/s1. The van der Waals surface area contributed by atoms with E-state index >= 15 is 0 Å². The summed E-state index contributed by atoms with van der Waals surface area (Å²) in [6.07, 6.45) is 12.4. The number of phenols is 2. The first-order chi connectivity index (χ1) is 31.5. The fourth-order valence-electron chi connectivity index (χ4n) is 9.87. The Labute approximate surface area is 394 Å². The van der Waals surface area contributed by atoms with Crippen LogP contribution in [-0.4, -0.2) is 99.7 Å². The van der Waals surface area contributed by atoms with E-state index in [0.717, 1.165) is 25.7 Å². The number of phenolic OH excluding ortho intramolecular Hbond substituents is 2. The number of amides is 2. The molecule has 0 saturated carbocycles. The number of carbonyl (C=O) groups excluding carboxylic acids is 2. The zero-order chi connectivity index (χ0) is 49.1. The van der Waals surface area contributed by atoms with Crippen molar-refractivity contribution in [1.82, 2.24) is 9.80 Å². The van der Waals surface area contributed by atoms with E-state index < -0.39 is 59.2 Å². The molecule has 0 fully saturated rings. The summed E-state index contributed by atoms with van der Waals surface area (Å²) in [7, 11) is 0. The van der Waals surface area contributed by atoms with Gasteiger partial charge in [-0.05, 0) is 138 Å². The average Bonchev–Trinajstić information content (AvgIpc) is 3.73. The second-order valence-corrected chi connectivity index (χ2v) is 20.1. The maximum atomic E-state index is 14.0. The Kier molecular flexibility index (Phi) is 15.7. The third-order valence-electron chi connectivity index (χ3n) is 14.2. The van der Waals surface area contributed by atoms with Crippen molar-refractivity contribution in [2.45, 2.75) is 187 Å². The Morgan fingerprint density at radius 2 is 1.01 bits per heavy atom. The molecule has 4 aliphatic rings. The van der Waals surface area contributed by atoms with Crippen molar-refractivity contribution in [2.24, 2.45) is 0 Å². The first-order valence-corrected chi connectivity index (χ1v) is 23.7. The molecule has 6 rings (SSSR count). The quantitative estimate of drug-likeness (QED) is 0.0687. The van der Waals surface area contributed by atoms with E-state index in [1.807, 2.05) is 0 Å². The summed E-state index contributed by atoms with van der Waals surface area (Å²) < 4.78 is 13.0. The van der Waals surface area contributed by atoms with Gasteiger partial charge in [-0.15, -0.1) is 0 Å². The minimum absolute atomic E-state index is 0.00493. The van der Waals surface area contributed by atoms with Crippen LogP contribution in [-0.2, 0) is 35.5 Å². The zero-order valence-electron chi connectivity index (χ0n) is 40.4. The summed E-state index contributed by atoms with van der Waals surface area (Å²) in [5.74, 6) is -3.81. The molecule has 14 nitrogen and oxygen atoms in total. The van der Waals surface area contributed by atoms with Gasteiger partial charge in [-0.25, -0.2) is 9.59 Å². The predicted octanol–water partition coefficient (Wildman–Crippen LogP) is 8.84. The SMILES string of the molecule is CC(C)=CCC/C(C)=C/CC[C@]1(C)Oc2c(c(O)cc3c2CN(C(CCCC(C(=O)O)N2Cc4c(cc(O)c5c4O[C@@](C)(CC/C=C(\C)CCC=C(C)C)[C@@H](O)C5)C2=O)C(=O)O)C3=O)C[C@@H]1O. The Morgan fingerprint density at radius 3 is 1.36 bits per heavy atom. The van der Waals surface area contributed by atoms with Crippen LogP contribution >= 0.6 is 0 Å². The molecule has 0 spiro atoms. The molecule has 0 bridgehead atoms. The fraction of sp³-hybridized carbons (Fsp3) is 0.547. The van der Waals surface area contributed by atoms with Gasteiger partial charge in [0.2, 0.25) is 0 Å². The van der Waals surface area contributed by atoms with E-state index in [1.54, 1.807) is 13.8 Å². The van der Waals surface area contributed by atoms with Crippen LogP contribution in [0.1, 0.15) is 169 Å². The Morgan fingerprint density at radius 1 is 0.642 bits per heavy atom. The molecule has 4 aliphatic heterocycles. The number of allylic oxidation sites excluding steroid dienone is 8. The van der Waals surface area contributed by atoms with Crippen LogP contribution in [0.5, 0.6) is 23.0 Å². The number of aromatic hydroxyl groups is 2. The molecular weight excluding hydrogens is 857 g/mol. The molecule has 4 heterocycles. The molecule has 6 N–H and O–H groups in total. The van der Waals surface area contributed by atoms with Crippen LogP contribution in [0.15, 0.2) is 58.7 Å². The topological polar surface area (TPSA) is 215 Å². The molecule has 0 saturated heterocycles. The van der Waals surface area contributed by atoms with Crippen molar-refractivity contribution in [3.63, 3.8) is 0 Å². The number of ether oxygens (including phenoxy) is 2. The average molecular weight is 927 g/mol. The number of hydrogen-bond acceptors (Lipinski definition) is 10. The Balaban J connectivity index is 1.13. The van der Waals surface area contributed by atoms with Crippen molar-refractivity contribution < 1.29 is 59.3 Å². The van der Waals surface area contributed by atoms with Crippen molar-refractivity contribution in [2.75, 3.05) is 0 Å². The number of carbonyl (C=O) groups is 4. The number of aliphatic carboxylic acids is 2. The summed E-state index contributed by atoms with van der Waals surface area (Å²) >= 11 is 0. The summed E-state index contributed by atoms with van der Waals surface area (Å²) in [5, 5.41) is 65.6. The molecule has 364 valence electrons. The molecule has 0 aromatic heterocycles. The first kappa shape index (κ1) is 50.8. The second kappa shape index (κ2) is 20.7. The largest absolute Gasteiger partial charge is 0.508 e. The highest BCUT2D eigenvalue weighted by Crippen LogP contribution is 2.49. The second-order valence-electron chi connectivity index (χ2n) is 20.1. The van der Waals surface area contributed by atoms with E-state index in [4.69, 9.17) is 9.47 Å². The van der Waals surface area contributed by atoms with Crippen LogP contribution in [0, 0.1) is 0 Å². The molecule has 14 heteroatoms. The number of aliphatic hydroxyl groups excluding tert-OH is 2. The molecule has 2 aromatic rings. The number of carboxylic acid groups (broad SMARTS) is 2. The van der Waals surface area contributed by atoms with Gasteiger partial charge in [0, 0.05) is 35.1 Å². The lowest BCUT2D eigenvalue weighted by molar-refractivity contribution is -0.142. The van der Waals surface area contributed by atoms with Crippen molar-refractivity contribution in [3.05, 3.63) is 92.1 Å². The molecule has 2 amide bonds. The van der Waals surface area contributed by atoms with E-state index in [9.17, 15) is 49.8 Å². The van der Waals surface area contributed by atoms with Gasteiger partial charge in [0.15, 0.2) is 0 Å². The number of rotatable bonds is 20. The van der Waals surface area contributed by atoms with Gasteiger partial charge in [-0.2, -0.15) is 0 Å². The fourth-order valence-corrected chi connectivity index (χ4v) is 9.87. The maximum absolute atomic E-state index is 14.0. The molecule has 6 atom stereocenters. The van der Waals surface area contributed by atoms with Crippen LogP contribution < -0.4 is 9.47 Å². The monoisotopic (exact) mass is 926 g/mol. The van der Waals surface area contributed by atoms with E-state index in [2.05, 4.69) is 65.8 Å². The number of aliphatic hydroxyl groups is 2. The number of benzene rings is 2. The van der Waals surface area contributed by atoms with Crippen LogP contribution in [0.4, 0.5) is 0 Å². The van der Waals surface area contributed by atoms with Gasteiger partial charge in [0.05, 0.1) is 36.4 Å². The van der Waals surface area contributed by atoms with E-state index in [-0.39, 0.29) is 79.3 Å². The normalized spacial score (nSPS) is 23.1. The van der Waals surface area contributed by atoms with Gasteiger partial charge in [0.25, 0.3) is 11.8 Å². The van der Waals surface area contributed by atoms with Gasteiger partial charge in [-0.1, -0.05) is 46.6 Å². The van der Waals surface area contributed by atoms with Crippen molar-refractivity contribution >= 4 is 23.8 Å². The third kappa shape index (κ3) is 11.1. The van der Waals surface area contributed by atoms with E-state index in [1.165, 1.54) is 44.2 Å². The summed E-state index contributed by atoms with van der Waals surface area (Å²) in [4.78, 5) is 56.0. The predicted molar refractivity (Wildman–Crippen MR) is 253 cm³/mol. The lowest BCUT2D eigenvalue weighted by Gasteiger charge is -2.41. The number of fused-ring (bicyclic) bond motifs is 6. The lowest BCUT2D eigenvalue weighted by Crippen LogP contribution is -2.49. The van der Waals surface area contributed by atoms with Crippen LogP contribution in [0.3, 0.4) is 0 Å². The van der Waals surface area contributed by atoms with Crippen LogP contribution in [0.25, 0.3) is 0 Å². The van der Waals surface area contributed by atoms with E-state index in [0.29, 0.717) is 47.9 Å². The van der Waals surface area contributed by atoms with Gasteiger partial charge in [0.1, 0.15) is 46.3 Å². The molecule has 67 heavy (non-hydrogen) atoms. The highest BCUT2D eigenvalue weighted by atomic mass is 16.5. The molecule has 2 aromatic carbocycles. The van der Waals surface area contributed by atoms with Gasteiger partial charge < -0.3 is 49.9 Å². The maximum Gasteiger partial charge on any atom is 0.326 e. The van der Waals surface area contributed by atoms with Crippen LogP contribution in [0.2, 0.25) is 0 Å². The number of hydrogen-bond donors (Lipinski definition) is 6. The Bertz CT molecular complexity index is 2230. The molecule has 0 radical (unpaired) electrons. The Hall–Kier alpha value is -5.60. The van der Waals surface area contributed by atoms with Crippen molar-refractivity contribution in [3.8, 4) is 23.0 Å². The highest BCUT2D eigenvalue weighted by Gasteiger charge is 2.48. The smallest absolute Gasteiger partial charge is 0.326 e. The van der Waals surface area contributed by atoms with Gasteiger partial charge in [-0.3, -0.25) is 9.59 Å². The molecule has 0 aliphatic carbocycles. The number of nitrogens with zero attached hydrogens (tertiary/aromatic N) is 2. The lowest BCUT2D eigenvalue weighted by atomic mass is 9.84. The molecule has 2 unspecified atom stereocenters. The highest BCUT2D eigenvalue weighted by molar-refractivity contribution is 6.03. The number of carboxylic acids is 2. The summed E-state index contributed by atoms with van der Waals surface area (Å²) in [5.41, 5.74) is 4.54. The first-order valence-electron chi connectivity index (χ1n) is 23.7. The minimum atomic E-state index is -1.38. The summed E-state index contributed by atoms with van der Waals surface area (Å²) in [6.45, 7) is 15.7. The molecular formula is C53H70N2O12.